The lowest BCUT2D eigenvalue weighted by atomic mass is 10.2. The molecule has 0 atom stereocenters. The van der Waals surface area contributed by atoms with Gasteiger partial charge in [-0.3, -0.25) is 0 Å². The zero-order valence-corrected chi connectivity index (χ0v) is 9.14. The summed E-state index contributed by atoms with van der Waals surface area (Å²) in [6.07, 6.45) is 0. The molecule has 0 radical (unpaired) electrons. The molecule has 0 spiro atoms. The lowest BCUT2D eigenvalue weighted by Gasteiger charge is -2.14. The number of anilines is 1. The number of nitrogens with zero attached hydrogens (tertiary/aromatic N) is 2. The van der Waals surface area contributed by atoms with Crippen LogP contribution in [0, 0.1) is 11.3 Å². The summed E-state index contributed by atoms with van der Waals surface area (Å²) in [6, 6.07) is 9.61. The highest BCUT2D eigenvalue weighted by Gasteiger charge is 2.01. The van der Waals surface area contributed by atoms with Crippen molar-refractivity contribution in [2.24, 2.45) is 0 Å². The standard InChI is InChI=1S/C10H13N3S/c1-3-13(2)14-12-10-7-5-4-6-9(10)8-11/h4-7,12H,3H2,1-2H3. The maximum atomic E-state index is 8.83. The van der Waals surface area contributed by atoms with E-state index >= 15 is 0 Å². The van der Waals surface area contributed by atoms with Crippen LogP contribution in [0.5, 0.6) is 0 Å². The van der Waals surface area contributed by atoms with E-state index in [-0.39, 0.29) is 0 Å². The molecule has 1 aromatic carbocycles. The summed E-state index contributed by atoms with van der Waals surface area (Å²) in [5.41, 5.74) is 1.53. The van der Waals surface area contributed by atoms with Gasteiger partial charge in [0.2, 0.25) is 0 Å². The molecule has 0 aliphatic rings. The fourth-order valence-electron chi connectivity index (χ4n) is 0.861. The number of hydrogen-bond acceptors (Lipinski definition) is 4. The van der Waals surface area contributed by atoms with E-state index in [0.717, 1.165) is 12.2 Å². The van der Waals surface area contributed by atoms with Crippen LogP contribution in [0.2, 0.25) is 0 Å². The van der Waals surface area contributed by atoms with Crippen molar-refractivity contribution in [1.82, 2.24) is 4.31 Å². The Bertz CT molecular complexity index is 332. The topological polar surface area (TPSA) is 39.1 Å². The summed E-state index contributed by atoms with van der Waals surface area (Å²) < 4.78 is 5.18. The van der Waals surface area contributed by atoms with E-state index < -0.39 is 0 Å². The third-order valence-corrected chi connectivity index (χ3v) is 2.69. The lowest BCUT2D eigenvalue weighted by Crippen LogP contribution is -2.10. The van der Waals surface area contributed by atoms with Gasteiger partial charge in [0, 0.05) is 18.7 Å². The van der Waals surface area contributed by atoms with Crippen LogP contribution in [0.3, 0.4) is 0 Å². The quantitative estimate of drug-likeness (QED) is 0.770. The Balaban J connectivity index is 2.63. The van der Waals surface area contributed by atoms with Crippen LogP contribution >= 0.6 is 12.1 Å². The van der Waals surface area contributed by atoms with E-state index in [4.69, 9.17) is 5.26 Å². The smallest absolute Gasteiger partial charge is 0.101 e. The maximum absolute atomic E-state index is 8.83. The average Bonchev–Trinajstić information content (AvgIpc) is 2.26. The number of benzene rings is 1. The first-order chi connectivity index (χ1) is 6.77. The van der Waals surface area contributed by atoms with Crippen molar-refractivity contribution < 1.29 is 0 Å². The second-order valence-electron chi connectivity index (χ2n) is 2.79. The molecule has 0 aliphatic heterocycles. The van der Waals surface area contributed by atoms with Crippen LogP contribution < -0.4 is 4.72 Å². The van der Waals surface area contributed by atoms with Crippen molar-refractivity contribution in [1.29, 1.82) is 5.26 Å². The van der Waals surface area contributed by atoms with Crippen LogP contribution in [0.15, 0.2) is 24.3 Å². The number of nitriles is 1. The van der Waals surface area contributed by atoms with E-state index in [1.165, 1.54) is 12.1 Å². The van der Waals surface area contributed by atoms with Crippen molar-refractivity contribution in [3.63, 3.8) is 0 Å². The summed E-state index contributed by atoms with van der Waals surface area (Å²) in [5, 5.41) is 8.83. The van der Waals surface area contributed by atoms with Gasteiger partial charge in [-0.15, -0.1) is 0 Å². The zero-order chi connectivity index (χ0) is 10.4. The Hall–Kier alpha value is -1.18. The van der Waals surface area contributed by atoms with Crippen molar-refractivity contribution in [3.8, 4) is 6.07 Å². The molecular weight excluding hydrogens is 194 g/mol. The monoisotopic (exact) mass is 207 g/mol. The summed E-state index contributed by atoms with van der Waals surface area (Å²) in [7, 11) is 1.99. The molecule has 1 rings (SSSR count). The number of nitrogens with one attached hydrogen (secondary N) is 1. The molecule has 0 amide bonds. The van der Waals surface area contributed by atoms with Crippen molar-refractivity contribution >= 4 is 17.8 Å². The summed E-state index contributed by atoms with van der Waals surface area (Å²) >= 11 is 1.49. The van der Waals surface area contributed by atoms with Crippen molar-refractivity contribution in [3.05, 3.63) is 29.8 Å². The van der Waals surface area contributed by atoms with Crippen LogP contribution in [0.25, 0.3) is 0 Å². The molecule has 1 aromatic rings. The van der Waals surface area contributed by atoms with Gasteiger partial charge in [0.15, 0.2) is 0 Å². The molecule has 0 aliphatic carbocycles. The molecule has 0 bridgehead atoms. The minimum Gasteiger partial charge on any atom is -0.315 e. The highest BCUT2D eigenvalue weighted by atomic mass is 32.2. The zero-order valence-electron chi connectivity index (χ0n) is 8.32. The molecule has 0 heterocycles. The first-order valence-electron chi connectivity index (χ1n) is 4.41. The van der Waals surface area contributed by atoms with Crippen molar-refractivity contribution in [2.45, 2.75) is 6.92 Å². The summed E-state index contributed by atoms with van der Waals surface area (Å²) in [5.74, 6) is 0. The minimum absolute atomic E-state index is 0.671. The van der Waals surface area contributed by atoms with Gasteiger partial charge < -0.3 is 4.72 Å². The molecule has 3 nitrogen and oxygen atoms in total. The van der Waals surface area contributed by atoms with E-state index in [2.05, 4.69) is 17.7 Å². The Morgan fingerprint density at radius 1 is 1.50 bits per heavy atom. The van der Waals surface area contributed by atoms with Crippen molar-refractivity contribution in [2.75, 3.05) is 18.3 Å². The van der Waals surface area contributed by atoms with Gasteiger partial charge in [-0.1, -0.05) is 19.1 Å². The minimum atomic E-state index is 0.671. The molecule has 14 heavy (non-hydrogen) atoms. The first kappa shape index (κ1) is 10.9. The highest BCUT2D eigenvalue weighted by Crippen LogP contribution is 2.18. The van der Waals surface area contributed by atoms with Gasteiger partial charge in [0.1, 0.15) is 6.07 Å². The molecule has 0 unspecified atom stereocenters. The Morgan fingerprint density at radius 3 is 2.86 bits per heavy atom. The predicted molar refractivity (Wildman–Crippen MR) is 60.7 cm³/mol. The Labute approximate surface area is 89.0 Å². The normalized spacial score (nSPS) is 9.86. The highest BCUT2D eigenvalue weighted by molar-refractivity contribution is 7.98. The van der Waals surface area contributed by atoms with E-state index in [1.54, 1.807) is 6.07 Å². The second kappa shape index (κ2) is 5.53. The fourth-order valence-corrected chi connectivity index (χ4v) is 1.42. The van der Waals surface area contributed by atoms with Gasteiger partial charge in [0.05, 0.1) is 11.3 Å². The average molecular weight is 207 g/mol. The number of rotatable bonds is 4. The molecule has 0 fully saturated rings. The molecule has 0 saturated carbocycles. The summed E-state index contributed by atoms with van der Waals surface area (Å²) in [6.45, 7) is 3.03. The first-order valence-corrected chi connectivity index (χ1v) is 5.18. The molecular formula is C10H13N3S. The number of para-hydroxylation sites is 1. The molecule has 4 heteroatoms. The molecule has 0 aromatic heterocycles. The van der Waals surface area contributed by atoms with Gasteiger partial charge in [-0.2, -0.15) is 5.26 Å². The van der Waals surface area contributed by atoms with E-state index in [0.29, 0.717) is 5.56 Å². The van der Waals surface area contributed by atoms with Crippen LogP contribution in [0.4, 0.5) is 5.69 Å². The molecule has 0 saturated heterocycles. The SMILES string of the molecule is CCN(C)SNc1ccccc1C#N. The third-order valence-electron chi connectivity index (χ3n) is 1.80. The van der Waals surface area contributed by atoms with Crippen LogP contribution in [0.1, 0.15) is 12.5 Å². The fraction of sp³-hybridized carbons (Fsp3) is 0.300. The van der Waals surface area contributed by atoms with Gasteiger partial charge in [-0.05, 0) is 19.2 Å². The molecule has 74 valence electrons. The van der Waals surface area contributed by atoms with E-state index in [9.17, 15) is 0 Å². The van der Waals surface area contributed by atoms with Crippen LogP contribution in [-0.2, 0) is 0 Å². The summed E-state index contributed by atoms with van der Waals surface area (Å²) in [4.78, 5) is 0. The van der Waals surface area contributed by atoms with Gasteiger partial charge >= 0.3 is 0 Å². The number of hydrogen-bond donors (Lipinski definition) is 1. The van der Waals surface area contributed by atoms with Gasteiger partial charge in [-0.25, -0.2) is 4.31 Å². The van der Waals surface area contributed by atoms with Gasteiger partial charge in [0.25, 0.3) is 0 Å². The van der Waals surface area contributed by atoms with E-state index in [1.807, 2.05) is 29.6 Å². The second-order valence-corrected chi connectivity index (χ2v) is 3.80. The maximum Gasteiger partial charge on any atom is 0.101 e. The third kappa shape index (κ3) is 2.95. The predicted octanol–water partition coefficient (Wildman–Crippen LogP) is 2.49. The van der Waals surface area contributed by atoms with Crippen LogP contribution in [-0.4, -0.2) is 17.9 Å². The Kier molecular flexibility index (Phi) is 4.30. The molecule has 1 N–H and O–H groups in total. The lowest BCUT2D eigenvalue weighted by molar-refractivity contribution is 0.604. The Morgan fingerprint density at radius 2 is 2.21 bits per heavy atom. The largest absolute Gasteiger partial charge is 0.315 e.